The summed E-state index contributed by atoms with van der Waals surface area (Å²) in [4.78, 5) is 11.9. The van der Waals surface area contributed by atoms with Crippen molar-refractivity contribution in [1.29, 1.82) is 0 Å². The molecule has 0 saturated carbocycles. The fraction of sp³-hybridized carbons (Fsp3) is 0.562. The first-order valence-corrected chi connectivity index (χ1v) is 8.56. The molecule has 0 aliphatic carbocycles. The molecule has 1 aromatic carbocycles. The van der Waals surface area contributed by atoms with Crippen LogP contribution in [0, 0.1) is 0 Å². The van der Waals surface area contributed by atoms with E-state index in [1.54, 1.807) is 0 Å². The number of halogens is 4. The first kappa shape index (κ1) is 26.5. The van der Waals surface area contributed by atoms with E-state index in [0.717, 1.165) is 18.6 Å². The number of nitrogens with one attached hydrogen (secondary N) is 1. The largest absolute Gasteiger partial charge is 0.573 e. The molecule has 1 amide bonds. The predicted molar refractivity (Wildman–Crippen MR) is 102 cm³/mol. The summed E-state index contributed by atoms with van der Waals surface area (Å²) in [6.45, 7) is 0.474. The van der Waals surface area contributed by atoms with Gasteiger partial charge in [0.2, 0.25) is 5.91 Å². The van der Waals surface area contributed by atoms with Gasteiger partial charge in [0.05, 0.1) is 6.04 Å². The fourth-order valence-electron chi connectivity index (χ4n) is 2.42. The van der Waals surface area contributed by atoms with Crippen molar-refractivity contribution in [3.63, 3.8) is 0 Å². The van der Waals surface area contributed by atoms with Gasteiger partial charge in [-0.2, -0.15) is 0 Å². The smallest absolute Gasteiger partial charge is 0.427 e. The van der Waals surface area contributed by atoms with Gasteiger partial charge in [0.15, 0.2) is 0 Å². The Morgan fingerprint density at radius 3 is 2.32 bits per heavy atom. The van der Waals surface area contributed by atoms with E-state index in [2.05, 4.69) is 10.1 Å². The minimum absolute atomic E-state index is 0. The first-order valence-electron chi connectivity index (χ1n) is 8.56. The number of nitrogens with two attached hydrogens (primary N) is 2. The van der Waals surface area contributed by atoms with Crippen LogP contribution < -0.4 is 21.5 Å². The second-order valence-electron chi connectivity index (χ2n) is 6.21. The van der Waals surface area contributed by atoms with Gasteiger partial charge in [-0.3, -0.25) is 4.79 Å². The van der Waals surface area contributed by atoms with E-state index in [1.165, 1.54) is 12.1 Å². The van der Waals surface area contributed by atoms with Crippen molar-refractivity contribution in [3.8, 4) is 5.75 Å². The van der Waals surface area contributed by atoms with Crippen LogP contribution in [0.1, 0.15) is 24.8 Å². The minimum Gasteiger partial charge on any atom is -0.427 e. The van der Waals surface area contributed by atoms with Crippen LogP contribution >= 0.6 is 12.4 Å². The van der Waals surface area contributed by atoms with Gasteiger partial charge >= 0.3 is 13.5 Å². The van der Waals surface area contributed by atoms with Crippen molar-refractivity contribution in [3.05, 3.63) is 29.8 Å². The van der Waals surface area contributed by atoms with Crippen LogP contribution in [0.2, 0.25) is 5.82 Å². The number of hydrogen-bond donors (Lipinski definition) is 5. The lowest BCUT2D eigenvalue weighted by Crippen LogP contribution is -2.43. The maximum atomic E-state index is 12.2. The number of carbonyl (C=O) groups is 1. The summed E-state index contributed by atoms with van der Waals surface area (Å²) in [5.41, 5.74) is 11.7. The molecule has 0 bridgehead atoms. The van der Waals surface area contributed by atoms with Gasteiger partial charge in [0, 0.05) is 12.4 Å². The Balaban J connectivity index is 0.00000729. The number of alkyl halides is 3. The van der Waals surface area contributed by atoms with Gasteiger partial charge in [-0.15, -0.1) is 25.6 Å². The number of benzene rings is 1. The van der Waals surface area contributed by atoms with Crippen LogP contribution in [-0.4, -0.2) is 48.6 Å². The average molecular weight is 428 g/mol. The highest BCUT2D eigenvalue weighted by Gasteiger charge is 2.31. The Morgan fingerprint density at radius 1 is 1.21 bits per heavy atom. The normalized spacial score (nSPS) is 13.2. The summed E-state index contributed by atoms with van der Waals surface area (Å²) in [5.74, 6) is -1.53. The molecule has 0 aliphatic rings. The average Bonchev–Trinajstić information content (AvgIpc) is 2.58. The Morgan fingerprint density at radius 2 is 1.82 bits per heavy atom. The van der Waals surface area contributed by atoms with Gasteiger partial charge in [-0.05, 0) is 43.5 Å². The summed E-state index contributed by atoms with van der Waals surface area (Å²) in [6.07, 6.45) is -2.71. The standard InChI is InChI=1S/C16H25BF3N3O4.ClH/c18-16(19,20)27-13-6-4-11(5-7-13)9-12(17(25)26)10-23-15(24)14(22)3-1-2-8-21;/h4-7,12,14,25-26H,1-3,8-10,21-22H2,(H,23,24);1H/t12-,14-;/m1./s1. The van der Waals surface area contributed by atoms with Crippen LogP contribution in [0.5, 0.6) is 5.75 Å². The zero-order chi connectivity index (χ0) is 20.4. The molecule has 0 fully saturated rings. The number of hydrogen-bond acceptors (Lipinski definition) is 6. The molecule has 0 heterocycles. The van der Waals surface area contributed by atoms with E-state index in [4.69, 9.17) is 11.5 Å². The highest BCUT2D eigenvalue weighted by molar-refractivity contribution is 6.43. The van der Waals surface area contributed by atoms with Crippen LogP contribution in [0.15, 0.2) is 24.3 Å². The van der Waals surface area contributed by atoms with Crippen molar-refractivity contribution in [2.75, 3.05) is 13.1 Å². The summed E-state index contributed by atoms with van der Waals surface area (Å²) in [7, 11) is -1.72. The summed E-state index contributed by atoms with van der Waals surface area (Å²) >= 11 is 0. The molecule has 28 heavy (non-hydrogen) atoms. The number of carbonyl (C=O) groups excluding carboxylic acids is 1. The first-order chi connectivity index (χ1) is 12.6. The topological polar surface area (TPSA) is 131 Å². The van der Waals surface area contributed by atoms with E-state index in [-0.39, 0.29) is 31.1 Å². The molecule has 160 valence electrons. The zero-order valence-electron chi connectivity index (χ0n) is 15.2. The van der Waals surface area contributed by atoms with E-state index in [9.17, 15) is 28.0 Å². The maximum absolute atomic E-state index is 12.2. The van der Waals surface area contributed by atoms with Gasteiger partial charge in [0.1, 0.15) is 5.75 Å². The number of rotatable bonds is 11. The third kappa shape index (κ3) is 10.7. The lowest BCUT2D eigenvalue weighted by molar-refractivity contribution is -0.274. The van der Waals surface area contributed by atoms with Crippen molar-refractivity contribution in [2.45, 2.75) is 43.9 Å². The molecular weight excluding hydrogens is 401 g/mol. The molecule has 0 aromatic heterocycles. The second-order valence-corrected chi connectivity index (χ2v) is 6.21. The Bertz CT molecular complexity index is 579. The van der Waals surface area contributed by atoms with Crippen LogP contribution in [0.3, 0.4) is 0 Å². The molecule has 0 unspecified atom stereocenters. The highest BCUT2D eigenvalue weighted by atomic mass is 35.5. The zero-order valence-corrected chi connectivity index (χ0v) is 16.0. The lowest BCUT2D eigenvalue weighted by atomic mass is 9.69. The molecular formula is C16H26BClF3N3O4. The lowest BCUT2D eigenvalue weighted by Gasteiger charge is -2.19. The maximum Gasteiger partial charge on any atom is 0.573 e. The van der Waals surface area contributed by atoms with Gasteiger partial charge in [-0.25, -0.2) is 0 Å². The number of amides is 1. The quantitative estimate of drug-likeness (QED) is 0.264. The van der Waals surface area contributed by atoms with Crippen LogP contribution in [-0.2, 0) is 11.2 Å². The fourth-order valence-corrected chi connectivity index (χ4v) is 2.42. The van der Waals surface area contributed by atoms with Crippen molar-refractivity contribution in [1.82, 2.24) is 5.32 Å². The SMILES string of the molecule is Cl.NCCCC[C@@H](N)C(=O)NC[C@@H](Cc1ccc(OC(F)(F)F)cc1)B(O)O. The van der Waals surface area contributed by atoms with E-state index < -0.39 is 31.2 Å². The Hall–Kier alpha value is -1.53. The molecule has 1 rings (SSSR count). The summed E-state index contributed by atoms with van der Waals surface area (Å²) < 4.78 is 40.2. The predicted octanol–water partition coefficient (Wildman–Crippen LogP) is 0.965. The second kappa shape index (κ2) is 12.8. The van der Waals surface area contributed by atoms with Gasteiger partial charge in [-0.1, -0.05) is 18.6 Å². The highest BCUT2D eigenvalue weighted by Crippen LogP contribution is 2.24. The Labute approximate surface area is 168 Å². The van der Waals surface area contributed by atoms with Gasteiger partial charge in [0.25, 0.3) is 0 Å². The van der Waals surface area contributed by atoms with Crippen molar-refractivity contribution in [2.24, 2.45) is 11.5 Å². The molecule has 1 aromatic rings. The molecule has 7 nitrogen and oxygen atoms in total. The molecule has 0 spiro atoms. The summed E-state index contributed by atoms with van der Waals surface area (Å²) in [5, 5.41) is 21.5. The Kier molecular flexibility index (Phi) is 12.1. The van der Waals surface area contributed by atoms with E-state index >= 15 is 0 Å². The van der Waals surface area contributed by atoms with Gasteiger partial charge < -0.3 is 31.6 Å². The molecule has 7 N–H and O–H groups in total. The third-order valence-corrected chi connectivity index (χ3v) is 3.92. The minimum atomic E-state index is -4.78. The molecule has 0 radical (unpaired) electrons. The van der Waals surface area contributed by atoms with E-state index in [1.807, 2.05) is 0 Å². The molecule has 0 aliphatic heterocycles. The van der Waals surface area contributed by atoms with Crippen LogP contribution in [0.4, 0.5) is 13.2 Å². The van der Waals surface area contributed by atoms with E-state index in [0.29, 0.717) is 24.9 Å². The molecule has 2 atom stereocenters. The number of ether oxygens (including phenoxy) is 1. The third-order valence-electron chi connectivity index (χ3n) is 3.92. The summed E-state index contributed by atoms with van der Waals surface area (Å²) in [6, 6.07) is 4.32. The molecule has 12 heteroatoms. The van der Waals surface area contributed by atoms with Crippen molar-refractivity contribution < 1.29 is 32.8 Å². The monoisotopic (exact) mass is 427 g/mol. The van der Waals surface area contributed by atoms with Crippen molar-refractivity contribution >= 4 is 25.4 Å². The molecule has 0 saturated heterocycles. The number of unbranched alkanes of at least 4 members (excludes halogenated alkanes) is 1. The van der Waals surface area contributed by atoms with Crippen LogP contribution in [0.25, 0.3) is 0 Å².